The Morgan fingerprint density at radius 3 is 2.73 bits per heavy atom. The molecule has 0 saturated heterocycles. The van der Waals surface area contributed by atoms with Crippen molar-refractivity contribution in [2.45, 2.75) is 13.1 Å². The molecule has 0 radical (unpaired) electrons. The Kier molecular flexibility index (Phi) is 3.30. The summed E-state index contributed by atoms with van der Waals surface area (Å²) in [5.41, 5.74) is 2.51. The minimum Gasteiger partial charge on any atom is -0.468 e. The molecule has 0 amide bonds. The molecular weight excluding hydrogens is 213 g/mol. The zero-order chi connectivity index (χ0) is 11.5. The Balaban J connectivity index is 2.75. The van der Waals surface area contributed by atoms with Crippen LogP contribution >= 0.6 is 0 Å². The number of ether oxygens (including phenoxy) is 1. The van der Waals surface area contributed by atoms with Gasteiger partial charge in [0.15, 0.2) is 6.61 Å². The molecule has 8 heteroatoms. The number of anilines is 1. The van der Waals surface area contributed by atoms with Gasteiger partial charge in [0.25, 0.3) is 0 Å². The van der Waals surface area contributed by atoms with Crippen molar-refractivity contribution < 1.29 is 17.9 Å². The summed E-state index contributed by atoms with van der Waals surface area (Å²) in [6.45, 7) is 0.140. The van der Waals surface area contributed by atoms with Gasteiger partial charge in [-0.05, 0) is 6.92 Å². The lowest BCUT2D eigenvalue weighted by Gasteiger charge is -2.10. The van der Waals surface area contributed by atoms with E-state index in [1.165, 1.54) is 13.1 Å². The number of aromatic nitrogens is 2. The minimum absolute atomic E-state index is 0.00206. The Morgan fingerprint density at radius 2 is 2.20 bits per heavy atom. The van der Waals surface area contributed by atoms with E-state index < -0.39 is 12.8 Å². The molecule has 0 aliphatic heterocycles. The molecule has 1 heterocycles. The summed E-state index contributed by atoms with van der Waals surface area (Å²) < 4.78 is 40.0. The fourth-order valence-corrected chi connectivity index (χ4v) is 0.792. The lowest BCUT2D eigenvalue weighted by molar-refractivity contribution is -0.154. The van der Waals surface area contributed by atoms with Crippen LogP contribution in [0.3, 0.4) is 0 Å². The average molecular weight is 222 g/mol. The lowest BCUT2D eigenvalue weighted by atomic mass is 10.4. The summed E-state index contributed by atoms with van der Waals surface area (Å²) in [5, 5.41) is 0. The van der Waals surface area contributed by atoms with E-state index in [-0.39, 0.29) is 11.8 Å². The van der Waals surface area contributed by atoms with Crippen molar-refractivity contribution in [1.29, 1.82) is 0 Å². The van der Waals surface area contributed by atoms with E-state index in [4.69, 9.17) is 5.84 Å². The Hall–Kier alpha value is -1.57. The van der Waals surface area contributed by atoms with Crippen molar-refractivity contribution in [3.8, 4) is 5.88 Å². The lowest BCUT2D eigenvalue weighted by Crippen LogP contribution is -2.20. The monoisotopic (exact) mass is 222 g/mol. The van der Waals surface area contributed by atoms with Gasteiger partial charge in [-0.2, -0.15) is 18.2 Å². The van der Waals surface area contributed by atoms with Gasteiger partial charge < -0.3 is 4.74 Å². The maximum atomic E-state index is 11.8. The van der Waals surface area contributed by atoms with Crippen molar-refractivity contribution in [3.05, 3.63) is 11.8 Å². The number of hydrazine groups is 1. The summed E-state index contributed by atoms with van der Waals surface area (Å²) >= 11 is 0. The Morgan fingerprint density at radius 1 is 1.53 bits per heavy atom. The standard InChI is InChI=1S/C7H9F3N4O/c1-4-2-12-6(14-11)13-5(4)15-3-7(8,9)10/h2H,3,11H2,1H3,(H,12,13,14). The van der Waals surface area contributed by atoms with Gasteiger partial charge >= 0.3 is 6.18 Å². The first-order chi connectivity index (χ1) is 6.92. The SMILES string of the molecule is Cc1cnc(NN)nc1OCC(F)(F)F. The summed E-state index contributed by atoms with van der Waals surface area (Å²) in [5.74, 6) is 4.85. The van der Waals surface area contributed by atoms with Crippen LogP contribution in [0.15, 0.2) is 6.20 Å². The molecule has 0 aliphatic rings. The highest BCUT2D eigenvalue weighted by Crippen LogP contribution is 2.19. The van der Waals surface area contributed by atoms with Crippen molar-refractivity contribution in [2.24, 2.45) is 5.84 Å². The number of hydrogen-bond donors (Lipinski definition) is 2. The van der Waals surface area contributed by atoms with Crippen molar-refractivity contribution in [1.82, 2.24) is 9.97 Å². The summed E-state index contributed by atoms with van der Waals surface area (Å²) in [6, 6.07) is 0. The predicted molar refractivity (Wildman–Crippen MR) is 46.1 cm³/mol. The second-order valence-electron chi connectivity index (χ2n) is 2.73. The largest absolute Gasteiger partial charge is 0.468 e. The van der Waals surface area contributed by atoms with Gasteiger partial charge in [-0.15, -0.1) is 0 Å². The third-order valence-electron chi connectivity index (χ3n) is 1.43. The maximum absolute atomic E-state index is 11.8. The van der Waals surface area contributed by atoms with Gasteiger partial charge in [0.05, 0.1) is 0 Å². The average Bonchev–Trinajstić information content (AvgIpc) is 2.15. The molecule has 0 aliphatic carbocycles. The molecule has 84 valence electrons. The quantitative estimate of drug-likeness (QED) is 0.589. The Bertz CT molecular complexity index is 341. The number of rotatable bonds is 3. The van der Waals surface area contributed by atoms with E-state index in [9.17, 15) is 13.2 Å². The molecule has 1 rings (SSSR count). The van der Waals surface area contributed by atoms with Crippen molar-refractivity contribution in [2.75, 3.05) is 12.0 Å². The fourth-order valence-electron chi connectivity index (χ4n) is 0.792. The van der Waals surface area contributed by atoms with E-state index in [0.29, 0.717) is 5.56 Å². The van der Waals surface area contributed by atoms with Crippen LogP contribution in [0.2, 0.25) is 0 Å². The van der Waals surface area contributed by atoms with Crippen molar-refractivity contribution in [3.63, 3.8) is 0 Å². The fraction of sp³-hybridized carbons (Fsp3) is 0.429. The number of hydrogen-bond acceptors (Lipinski definition) is 5. The highest BCUT2D eigenvalue weighted by Gasteiger charge is 2.29. The molecule has 0 unspecified atom stereocenters. The molecule has 3 N–H and O–H groups in total. The van der Waals surface area contributed by atoms with Crippen LogP contribution in [0.4, 0.5) is 19.1 Å². The first-order valence-electron chi connectivity index (χ1n) is 3.92. The number of nitrogens with zero attached hydrogens (tertiary/aromatic N) is 2. The number of halogens is 3. The first-order valence-corrected chi connectivity index (χ1v) is 3.92. The topological polar surface area (TPSA) is 73.1 Å². The maximum Gasteiger partial charge on any atom is 0.422 e. The zero-order valence-corrected chi connectivity index (χ0v) is 7.80. The molecular formula is C7H9F3N4O. The second-order valence-corrected chi connectivity index (χ2v) is 2.73. The molecule has 1 aromatic rings. The molecule has 0 bridgehead atoms. The third-order valence-corrected chi connectivity index (χ3v) is 1.43. The second kappa shape index (κ2) is 4.30. The molecule has 0 atom stereocenters. The molecule has 0 fully saturated rings. The molecule has 1 aromatic heterocycles. The van der Waals surface area contributed by atoms with E-state index >= 15 is 0 Å². The van der Waals surface area contributed by atoms with E-state index in [1.807, 2.05) is 0 Å². The molecule has 5 nitrogen and oxygen atoms in total. The zero-order valence-electron chi connectivity index (χ0n) is 7.80. The molecule has 0 saturated carbocycles. The third kappa shape index (κ3) is 3.58. The van der Waals surface area contributed by atoms with Crippen LogP contribution in [0.1, 0.15) is 5.56 Å². The van der Waals surface area contributed by atoms with E-state index in [0.717, 1.165) is 0 Å². The number of aryl methyl sites for hydroxylation is 1. The first kappa shape index (κ1) is 11.5. The Labute approximate surface area is 83.4 Å². The van der Waals surface area contributed by atoms with Gasteiger partial charge in [-0.25, -0.2) is 10.8 Å². The van der Waals surface area contributed by atoms with Gasteiger partial charge in [0.1, 0.15) is 0 Å². The van der Waals surface area contributed by atoms with Crippen molar-refractivity contribution >= 4 is 5.95 Å². The number of nitrogens with two attached hydrogens (primary N) is 1. The predicted octanol–water partition coefficient (Wildman–Crippen LogP) is 1.01. The number of alkyl halides is 3. The van der Waals surface area contributed by atoms with Crippen LogP contribution in [0.25, 0.3) is 0 Å². The normalized spacial score (nSPS) is 11.3. The highest BCUT2D eigenvalue weighted by molar-refractivity contribution is 5.31. The van der Waals surface area contributed by atoms with E-state index in [2.05, 4.69) is 20.1 Å². The molecule has 15 heavy (non-hydrogen) atoms. The highest BCUT2D eigenvalue weighted by atomic mass is 19.4. The van der Waals surface area contributed by atoms with Crippen LogP contribution in [0.5, 0.6) is 5.88 Å². The minimum atomic E-state index is -4.40. The van der Waals surface area contributed by atoms with E-state index in [1.54, 1.807) is 0 Å². The van der Waals surface area contributed by atoms with Gasteiger partial charge in [-0.1, -0.05) is 0 Å². The molecule has 0 spiro atoms. The van der Waals surface area contributed by atoms with Gasteiger partial charge in [0.2, 0.25) is 11.8 Å². The summed E-state index contributed by atoms with van der Waals surface area (Å²) in [6.07, 6.45) is -3.08. The smallest absolute Gasteiger partial charge is 0.422 e. The summed E-state index contributed by atoms with van der Waals surface area (Å²) in [7, 11) is 0. The van der Waals surface area contributed by atoms with Gasteiger partial charge in [0, 0.05) is 11.8 Å². The summed E-state index contributed by atoms with van der Waals surface area (Å²) in [4.78, 5) is 7.32. The number of nitrogen functional groups attached to an aromatic ring is 1. The van der Waals surface area contributed by atoms with Crippen LogP contribution in [0, 0.1) is 6.92 Å². The van der Waals surface area contributed by atoms with Gasteiger partial charge in [-0.3, -0.25) is 5.43 Å². The van der Waals surface area contributed by atoms with Crippen LogP contribution in [-0.4, -0.2) is 22.8 Å². The number of nitrogens with one attached hydrogen (secondary N) is 1. The van der Waals surface area contributed by atoms with Crippen LogP contribution < -0.4 is 16.0 Å². The molecule has 0 aromatic carbocycles. The van der Waals surface area contributed by atoms with Crippen LogP contribution in [-0.2, 0) is 0 Å².